The van der Waals surface area contributed by atoms with E-state index in [1.54, 1.807) is 6.20 Å². The van der Waals surface area contributed by atoms with Gasteiger partial charge in [-0.3, -0.25) is 9.59 Å². The summed E-state index contributed by atoms with van der Waals surface area (Å²) in [5.74, 6) is -1.92. The van der Waals surface area contributed by atoms with Gasteiger partial charge in [0.1, 0.15) is 11.6 Å². The third-order valence-electron chi connectivity index (χ3n) is 3.68. The number of amides is 1. The number of para-hydroxylation sites is 1. The fourth-order valence-electron chi connectivity index (χ4n) is 2.52. The highest BCUT2D eigenvalue weighted by Crippen LogP contribution is 2.25. The van der Waals surface area contributed by atoms with Gasteiger partial charge in [0.15, 0.2) is 0 Å². The SMILES string of the molecule is CNC(=O)[C@](O)(Cc1c[nH]c2ccccc12)C[C@@H](N)C(=O)O. The number of nitrogens with one attached hydrogen (secondary N) is 2. The Bertz CT molecular complexity index is 697. The van der Waals surface area contributed by atoms with Gasteiger partial charge in [-0.1, -0.05) is 18.2 Å². The number of carbonyl (C=O) groups excluding carboxylic acids is 1. The van der Waals surface area contributed by atoms with Crippen LogP contribution in [0.5, 0.6) is 0 Å². The molecule has 1 aromatic heterocycles. The van der Waals surface area contributed by atoms with Gasteiger partial charge in [0.05, 0.1) is 0 Å². The Morgan fingerprint density at radius 2 is 2.09 bits per heavy atom. The first-order valence-electron chi connectivity index (χ1n) is 6.85. The van der Waals surface area contributed by atoms with Crippen LogP contribution in [0, 0.1) is 0 Å². The normalized spacial score (nSPS) is 15.2. The molecule has 7 heteroatoms. The van der Waals surface area contributed by atoms with Crippen LogP contribution in [-0.2, 0) is 16.0 Å². The summed E-state index contributed by atoms with van der Waals surface area (Å²) in [4.78, 5) is 26.0. The van der Waals surface area contributed by atoms with Gasteiger partial charge in [-0.2, -0.15) is 0 Å². The molecule has 0 bridgehead atoms. The number of aliphatic hydroxyl groups is 1. The lowest BCUT2D eigenvalue weighted by atomic mass is 9.87. The largest absolute Gasteiger partial charge is 0.480 e. The van der Waals surface area contributed by atoms with E-state index in [2.05, 4.69) is 10.3 Å². The first-order chi connectivity index (χ1) is 10.4. The van der Waals surface area contributed by atoms with Gasteiger partial charge < -0.3 is 26.2 Å². The lowest BCUT2D eigenvalue weighted by Gasteiger charge is -2.27. The van der Waals surface area contributed by atoms with Crippen molar-refractivity contribution in [3.63, 3.8) is 0 Å². The predicted octanol–water partition coefficient (Wildman–Crippen LogP) is -0.0105. The van der Waals surface area contributed by atoms with E-state index >= 15 is 0 Å². The highest BCUT2D eigenvalue weighted by Gasteiger charge is 2.39. The number of likely N-dealkylation sites (N-methyl/N-ethyl adjacent to an activating group) is 1. The molecule has 0 aliphatic rings. The number of aliphatic carboxylic acids is 1. The summed E-state index contributed by atoms with van der Waals surface area (Å²) >= 11 is 0. The lowest BCUT2D eigenvalue weighted by molar-refractivity contribution is -0.145. The molecule has 22 heavy (non-hydrogen) atoms. The Hall–Kier alpha value is -2.38. The predicted molar refractivity (Wildman–Crippen MR) is 81.2 cm³/mol. The molecule has 0 radical (unpaired) electrons. The number of hydrogen-bond acceptors (Lipinski definition) is 4. The first-order valence-corrected chi connectivity index (χ1v) is 6.85. The zero-order chi connectivity index (χ0) is 16.3. The fourth-order valence-corrected chi connectivity index (χ4v) is 2.52. The molecular formula is C15H19N3O4. The number of aromatic nitrogens is 1. The topological polar surface area (TPSA) is 128 Å². The second-order valence-corrected chi connectivity index (χ2v) is 5.30. The lowest BCUT2D eigenvalue weighted by Crippen LogP contribution is -2.52. The van der Waals surface area contributed by atoms with E-state index in [-0.39, 0.29) is 12.8 Å². The van der Waals surface area contributed by atoms with Crippen LogP contribution in [0.15, 0.2) is 30.5 Å². The Labute approximate surface area is 127 Å². The summed E-state index contributed by atoms with van der Waals surface area (Å²) < 4.78 is 0. The number of rotatable bonds is 6. The van der Waals surface area contributed by atoms with Crippen molar-refractivity contribution in [3.8, 4) is 0 Å². The van der Waals surface area contributed by atoms with Crippen LogP contribution in [0.4, 0.5) is 0 Å². The van der Waals surface area contributed by atoms with E-state index in [0.717, 1.165) is 16.5 Å². The number of carbonyl (C=O) groups is 2. The number of aromatic amines is 1. The van der Waals surface area contributed by atoms with E-state index in [4.69, 9.17) is 10.8 Å². The molecular weight excluding hydrogens is 286 g/mol. The van der Waals surface area contributed by atoms with Gasteiger partial charge in [0.25, 0.3) is 5.91 Å². The number of nitrogens with two attached hydrogens (primary N) is 1. The number of fused-ring (bicyclic) bond motifs is 1. The molecule has 0 spiro atoms. The van der Waals surface area contributed by atoms with Crippen molar-refractivity contribution in [2.24, 2.45) is 5.73 Å². The Morgan fingerprint density at radius 3 is 2.73 bits per heavy atom. The van der Waals surface area contributed by atoms with Crippen molar-refractivity contribution >= 4 is 22.8 Å². The minimum atomic E-state index is -1.89. The summed E-state index contributed by atoms with van der Waals surface area (Å²) in [7, 11) is 1.38. The van der Waals surface area contributed by atoms with Crippen molar-refractivity contribution in [3.05, 3.63) is 36.0 Å². The zero-order valence-corrected chi connectivity index (χ0v) is 12.2. The summed E-state index contributed by atoms with van der Waals surface area (Å²) in [5.41, 5.74) is 5.19. The Morgan fingerprint density at radius 1 is 1.41 bits per heavy atom. The van der Waals surface area contributed by atoms with Crippen molar-refractivity contribution < 1.29 is 19.8 Å². The molecule has 6 N–H and O–H groups in total. The molecule has 1 aromatic carbocycles. The molecule has 1 amide bonds. The fraction of sp³-hybridized carbons (Fsp3) is 0.333. The molecule has 1 heterocycles. The number of carboxylic acids is 1. The van der Waals surface area contributed by atoms with Gasteiger partial charge in [-0.05, 0) is 11.6 Å². The smallest absolute Gasteiger partial charge is 0.320 e. The second-order valence-electron chi connectivity index (χ2n) is 5.30. The third-order valence-corrected chi connectivity index (χ3v) is 3.68. The average Bonchev–Trinajstić information content (AvgIpc) is 2.89. The zero-order valence-electron chi connectivity index (χ0n) is 12.2. The quantitative estimate of drug-likeness (QED) is 0.513. The average molecular weight is 305 g/mol. The van der Waals surface area contributed by atoms with E-state index < -0.39 is 23.5 Å². The number of hydrogen-bond donors (Lipinski definition) is 5. The number of carboxylic acid groups (broad SMARTS) is 1. The highest BCUT2D eigenvalue weighted by molar-refractivity contribution is 5.88. The number of H-pyrrole nitrogens is 1. The summed E-state index contributed by atoms with van der Waals surface area (Å²) in [5, 5.41) is 22.8. The van der Waals surface area contributed by atoms with Crippen molar-refractivity contribution in [2.75, 3.05) is 7.05 Å². The molecule has 0 aliphatic heterocycles. The van der Waals surface area contributed by atoms with Crippen molar-refractivity contribution in [2.45, 2.75) is 24.5 Å². The van der Waals surface area contributed by atoms with Gasteiger partial charge in [-0.15, -0.1) is 0 Å². The van der Waals surface area contributed by atoms with Crippen LogP contribution in [0.25, 0.3) is 10.9 Å². The molecule has 2 atom stereocenters. The van der Waals surface area contributed by atoms with E-state index in [9.17, 15) is 14.7 Å². The molecule has 2 aromatic rings. The van der Waals surface area contributed by atoms with Crippen molar-refractivity contribution in [1.29, 1.82) is 0 Å². The van der Waals surface area contributed by atoms with E-state index in [1.165, 1.54) is 7.05 Å². The molecule has 0 saturated carbocycles. The maximum Gasteiger partial charge on any atom is 0.320 e. The van der Waals surface area contributed by atoms with Crippen molar-refractivity contribution in [1.82, 2.24) is 10.3 Å². The molecule has 0 saturated heterocycles. The third kappa shape index (κ3) is 3.10. The first kappa shape index (κ1) is 16.0. The monoisotopic (exact) mass is 305 g/mol. The van der Waals surface area contributed by atoms with E-state index in [1.807, 2.05) is 24.3 Å². The van der Waals surface area contributed by atoms with Gasteiger partial charge in [-0.25, -0.2) is 0 Å². The highest BCUT2D eigenvalue weighted by atomic mass is 16.4. The molecule has 7 nitrogen and oxygen atoms in total. The maximum absolute atomic E-state index is 12.0. The van der Waals surface area contributed by atoms with Crippen LogP contribution in [-0.4, -0.2) is 45.8 Å². The van der Waals surface area contributed by atoms with Crippen LogP contribution >= 0.6 is 0 Å². The molecule has 0 aliphatic carbocycles. The van der Waals surface area contributed by atoms with Gasteiger partial charge >= 0.3 is 5.97 Å². The molecule has 118 valence electrons. The maximum atomic E-state index is 12.0. The molecule has 0 unspecified atom stereocenters. The van der Waals surface area contributed by atoms with Crippen LogP contribution in [0.3, 0.4) is 0 Å². The van der Waals surface area contributed by atoms with Crippen LogP contribution < -0.4 is 11.1 Å². The van der Waals surface area contributed by atoms with E-state index in [0.29, 0.717) is 0 Å². The summed E-state index contributed by atoms with van der Waals surface area (Å²) in [6.07, 6.45) is 1.30. The van der Waals surface area contributed by atoms with Crippen LogP contribution in [0.2, 0.25) is 0 Å². The Kier molecular flexibility index (Phi) is 4.48. The minimum absolute atomic E-state index is 0.0301. The molecule has 0 fully saturated rings. The number of benzene rings is 1. The van der Waals surface area contributed by atoms with Gasteiger partial charge in [0.2, 0.25) is 0 Å². The van der Waals surface area contributed by atoms with Crippen LogP contribution in [0.1, 0.15) is 12.0 Å². The molecule has 2 rings (SSSR count). The van der Waals surface area contributed by atoms with Gasteiger partial charge in [0, 0.05) is 37.0 Å². The standard InChI is InChI=1S/C15H19N3O4/c1-17-14(21)15(22,7-11(16)13(19)20)6-9-8-18-12-5-3-2-4-10(9)12/h2-5,8,11,18,22H,6-7,16H2,1H3,(H,17,21)(H,19,20)/t11-,15+/m1/s1. The Balaban J connectivity index is 2.34. The minimum Gasteiger partial charge on any atom is -0.480 e. The second kappa shape index (κ2) is 6.17. The summed E-state index contributed by atoms with van der Waals surface area (Å²) in [6, 6.07) is 6.13. The summed E-state index contributed by atoms with van der Waals surface area (Å²) in [6.45, 7) is 0.